The lowest BCUT2D eigenvalue weighted by atomic mass is 10.2. The van der Waals surface area contributed by atoms with E-state index in [-0.39, 0.29) is 12.1 Å². The van der Waals surface area contributed by atoms with Gasteiger partial charge < -0.3 is 19.4 Å². The number of benzene rings is 1. The molecule has 1 aromatic carbocycles. The van der Waals surface area contributed by atoms with Gasteiger partial charge in [-0.05, 0) is 37.1 Å². The van der Waals surface area contributed by atoms with Crippen molar-refractivity contribution in [3.8, 4) is 0 Å². The third kappa shape index (κ3) is 4.67. The highest BCUT2D eigenvalue weighted by Crippen LogP contribution is 2.16. The van der Waals surface area contributed by atoms with Gasteiger partial charge in [0.2, 0.25) is 0 Å². The van der Waals surface area contributed by atoms with Crippen LogP contribution in [-0.4, -0.2) is 46.7 Å². The minimum absolute atomic E-state index is 0.0894. The molecular weight excluding hydrogens is 356 g/mol. The van der Waals surface area contributed by atoms with Crippen LogP contribution < -0.4 is 5.32 Å². The van der Waals surface area contributed by atoms with E-state index in [2.05, 4.69) is 15.3 Å². The molecule has 3 aromatic rings. The molecule has 1 saturated heterocycles. The first-order valence-corrected chi connectivity index (χ1v) is 9.67. The van der Waals surface area contributed by atoms with Crippen LogP contribution in [0.2, 0.25) is 0 Å². The molecule has 1 aliphatic heterocycles. The topological polar surface area (TPSA) is 80.5 Å². The fourth-order valence-electron chi connectivity index (χ4n) is 3.36. The van der Waals surface area contributed by atoms with Gasteiger partial charge in [0.05, 0.1) is 18.3 Å². The highest BCUT2D eigenvalue weighted by molar-refractivity contribution is 5.74. The summed E-state index contributed by atoms with van der Waals surface area (Å²) in [6.45, 7) is 2.23. The van der Waals surface area contributed by atoms with Crippen LogP contribution in [0.5, 0.6) is 0 Å². The lowest BCUT2D eigenvalue weighted by molar-refractivity contribution is 0.0792. The van der Waals surface area contributed by atoms with Crippen LogP contribution in [0, 0.1) is 0 Å². The molecule has 7 nitrogen and oxygen atoms in total. The number of amides is 2. The van der Waals surface area contributed by atoms with Crippen molar-refractivity contribution in [2.45, 2.75) is 31.9 Å². The van der Waals surface area contributed by atoms with Crippen LogP contribution in [-0.2, 0) is 17.7 Å². The van der Waals surface area contributed by atoms with E-state index in [0.29, 0.717) is 31.9 Å². The summed E-state index contributed by atoms with van der Waals surface area (Å²) in [5.74, 6) is 0.622. The molecule has 0 aliphatic carbocycles. The molecule has 0 bridgehead atoms. The minimum Gasteiger partial charge on any atom is -0.441 e. The third-order valence-electron chi connectivity index (χ3n) is 4.77. The molecule has 7 heteroatoms. The Bertz CT molecular complexity index is 873. The van der Waals surface area contributed by atoms with Gasteiger partial charge >= 0.3 is 6.03 Å². The second-order valence-electron chi connectivity index (χ2n) is 6.89. The summed E-state index contributed by atoms with van der Waals surface area (Å²) in [6, 6.07) is 13.2. The smallest absolute Gasteiger partial charge is 0.317 e. The molecule has 0 spiro atoms. The van der Waals surface area contributed by atoms with Gasteiger partial charge in [0.1, 0.15) is 5.52 Å². The number of rotatable bonds is 7. The number of pyridine rings is 1. The molecule has 1 fully saturated rings. The van der Waals surface area contributed by atoms with Crippen molar-refractivity contribution in [2.24, 2.45) is 0 Å². The largest absolute Gasteiger partial charge is 0.441 e. The first-order chi connectivity index (χ1) is 13.8. The maximum Gasteiger partial charge on any atom is 0.317 e. The summed E-state index contributed by atoms with van der Waals surface area (Å²) in [5.41, 5.74) is 2.45. The van der Waals surface area contributed by atoms with Crippen LogP contribution in [0.15, 0.2) is 53.1 Å². The average molecular weight is 380 g/mol. The molecule has 1 atom stereocenters. The first-order valence-electron chi connectivity index (χ1n) is 9.67. The number of aromatic nitrogens is 2. The molecule has 4 rings (SSSR count). The fraction of sp³-hybridized carbons (Fsp3) is 0.381. The Morgan fingerprint density at radius 2 is 2.11 bits per heavy atom. The zero-order valence-electron chi connectivity index (χ0n) is 15.7. The van der Waals surface area contributed by atoms with Gasteiger partial charge in [-0.2, -0.15) is 0 Å². The van der Waals surface area contributed by atoms with Crippen molar-refractivity contribution in [2.75, 3.05) is 19.7 Å². The molecule has 28 heavy (non-hydrogen) atoms. The predicted octanol–water partition coefficient (Wildman–Crippen LogP) is 3.16. The number of carbonyl (C=O) groups excluding carboxylic acids is 1. The van der Waals surface area contributed by atoms with Gasteiger partial charge in [0.15, 0.2) is 11.5 Å². The van der Waals surface area contributed by atoms with E-state index < -0.39 is 0 Å². The number of para-hydroxylation sites is 2. The molecule has 1 N–H and O–H groups in total. The molecule has 2 aromatic heterocycles. The van der Waals surface area contributed by atoms with Gasteiger partial charge in [-0.1, -0.05) is 18.2 Å². The number of oxazole rings is 1. The van der Waals surface area contributed by atoms with E-state index in [9.17, 15) is 4.79 Å². The molecule has 0 saturated carbocycles. The molecule has 0 radical (unpaired) electrons. The van der Waals surface area contributed by atoms with Crippen LogP contribution in [0.1, 0.15) is 24.4 Å². The summed E-state index contributed by atoms with van der Waals surface area (Å²) in [6.07, 6.45) is 4.39. The second kappa shape index (κ2) is 8.84. The van der Waals surface area contributed by atoms with Crippen LogP contribution >= 0.6 is 0 Å². The standard InChI is InChI=1S/C21H24N4O3/c26-21(23-12-10-20-24-18-8-1-2-9-19(18)28-20)25(15-17-7-5-13-27-17)14-16-6-3-4-11-22-16/h1-4,6,8-9,11,17H,5,7,10,12-15H2,(H,23,26)/t17-/m1/s1. The highest BCUT2D eigenvalue weighted by atomic mass is 16.5. The first kappa shape index (κ1) is 18.4. The monoisotopic (exact) mass is 380 g/mol. The normalized spacial score (nSPS) is 16.4. The van der Waals surface area contributed by atoms with Gasteiger partial charge in [-0.15, -0.1) is 0 Å². The van der Waals surface area contributed by atoms with E-state index in [1.807, 2.05) is 42.5 Å². The van der Waals surface area contributed by atoms with Crippen molar-refractivity contribution < 1.29 is 13.9 Å². The quantitative estimate of drug-likeness (QED) is 0.681. The number of hydrogen-bond donors (Lipinski definition) is 1. The third-order valence-corrected chi connectivity index (χ3v) is 4.77. The summed E-state index contributed by atoms with van der Waals surface area (Å²) in [4.78, 5) is 23.3. The summed E-state index contributed by atoms with van der Waals surface area (Å²) in [7, 11) is 0. The maximum atomic E-state index is 12.8. The Labute approximate surface area is 163 Å². The van der Waals surface area contributed by atoms with E-state index >= 15 is 0 Å². The van der Waals surface area contributed by atoms with E-state index in [0.717, 1.165) is 36.2 Å². The van der Waals surface area contributed by atoms with E-state index in [4.69, 9.17) is 9.15 Å². The van der Waals surface area contributed by atoms with E-state index in [1.165, 1.54) is 0 Å². The van der Waals surface area contributed by atoms with Gasteiger partial charge in [-0.25, -0.2) is 9.78 Å². The molecule has 146 valence electrons. The van der Waals surface area contributed by atoms with E-state index in [1.54, 1.807) is 11.1 Å². The Morgan fingerprint density at radius 3 is 2.89 bits per heavy atom. The number of nitrogens with zero attached hydrogens (tertiary/aromatic N) is 3. The lowest BCUT2D eigenvalue weighted by Crippen LogP contribution is -2.44. The number of urea groups is 1. The summed E-state index contributed by atoms with van der Waals surface area (Å²) in [5, 5.41) is 2.97. The molecule has 3 heterocycles. The average Bonchev–Trinajstić information content (AvgIpc) is 3.37. The van der Waals surface area contributed by atoms with Crippen molar-refractivity contribution >= 4 is 17.1 Å². The number of fused-ring (bicyclic) bond motifs is 1. The molecular formula is C21H24N4O3. The lowest BCUT2D eigenvalue weighted by Gasteiger charge is -2.25. The molecule has 2 amide bonds. The number of carbonyl (C=O) groups is 1. The predicted molar refractivity (Wildman–Crippen MR) is 105 cm³/mol. The fourth-order valence-corrected chi connectivity index (χ4v) is 3.36. The Balaban J connectivity index is 1.35. The van der Waals surface area contributed by atoms with Crippen molar-refractivity contribution in [1.29, 1.82) is 0 Å². The van der Waals surface area contributed by atoms with Gasteiger partial charge in [0.25, 0.3) is 0 Å². The van der Waals surface area contributed by atoms with Crippen LogP contribution in [0.4, 0.5) is 4.79 Å². The SMILES string of the molecule is O=C(NCCc1nc2ccccc2o1)N(Cc1ccccn1)C[C@H]1CCCO1. The number of hydrogen-bond acceptors (Lipinski definition) is 5. The molecule has 0 unspecified atom stereocenters. The van der Waals surface area contributed by atoms with Gasteiger partial charge in [0, 0.05) is 32.3 Å². The second-order valence-corrected chi connectivity index (χ2v) is 6.89. The zero-order valence-corrected chi connectivity index (χ0v) is 15.7. The van der Waals surface area contributed by atoms with Crippen LogP contribution in [0.3, 0.4) is 0 Å². The van der Waals surface area contributed by atoms with Crippen molar-refractivity contribution in [1.82, 2.24) is 20.2 Å². The number of nitrogens with one attached hydrogen (secondary N) is 1. The minimum atomic E-state index is -0.128. The van der Waals surface area contributed by atoms with Crippen molar-refractivity contribution in [3.63, 3.8) is 0 Å². The van der Waals surface area contributed by atoms with Crippen molar-refractivity contribution in [3.05, 3.63) is 60.2 Å². The number of ether oxygens (including phenoxy) is 1. The summed E-state index contributed by atoms with van der Waals surface area (Å²) >= 11 is 0. The Morgan fingerprint density at radius 1 is 1.21 bits per heavy atom. The maximum absolute atomic E-state index is 12.8. The van der Waals surface area contributed by atoms with Gasteiger partial charge in [-0.3, -0.25) is 4.98 Å². The molecule has 1 aliphatic rings. The summed E-state index contributed by atoms with van der Waals surface area (Å²) < 4.78 is 11.4. The highest BCUT2D eigenvalue weighted by Gasteiger charge is 2.23. The Kier molecular flexibility index (Phi) is 5.82. The van der Waals surface area contributed by atoms with Crippen LogP contribution in [0.25, 0.3) is 11.1 Å². The zero-order chi connectivity index (χ0) is 19.2. The Hall–Kier alpha value is -2.93.